The lowest BCUT2D eigenvalue weighted by Gasteiger charge is -2.17. The molecule has 2 aromatic carbocycles. The van der Waals surface area contributed by atoms with E-state index in [-0.39, 0.29) is 0 Å². The number of halogens is 2. The van der Waals surface area contributed by atoms with E-state index < -0.39 is 0 Å². The zero-order valence-corrected chi connectivity index (χ0v) is 16.5. The van der Waals surface area contributed by atoms with Crippen molar-refractivity contribution in [1.29, 1.82) is 0 Å². The summed E-state index contributed by atoms with van der Waals surface area (Å²) in [6, 6.07) is 11.9. The van der Waals surface area contributed by atoms with Crippen molar-refractivity contribution in [1.82, 2.24) is 5.32 Å². The van der Waals surface area contributed by atoms with Crippen molar-refractivity contribution in [3.8, 4) is 11.5 Å². The SMILES string of the molecule is CCOc1cc(CN[C@H](C)CC)cc(Cl)c1OCc1ccccc1Cl. The maximum absolute atomic E-state index is 6.46. The second kappa shape index (κ2) is 9.91. The van der Waals surface area contributed by atoms with E-state index in [0.717, 1.165) is 24.1 Å². The third-order valence-electron chi connectivity index (χ3n) is 3.97. The highest BCUT2D eigenvalue weighted by atomic mass is 35.5. The van der Waals surface area contributed by atoms with Crippen LogP contribution < -0.4 is 14.8 Å². The van der Waals surface area contributed by atoms with Gasteiger partial charge in [0.25, 0.3) is 0 Å². The van der Waals surface area contributed by atoms with Gasteiger partial charge in [0.1, 0.15) is 6.61 Å². The molecule has 5 heteroatoms. The molecule has 0 saturated heterocycles. The first-order valence-electron chi connectivity index (χ1n) is 8.59. The van der Waals surface area contributed by atoms with Crippen molar-refractivity contribution in [2.75, 3.05) is 6.61 Å². The molecule has 0 unspecified atom stereocenters. The van der Waals surface area contributed by atoms with E-state index in [2.05, 4.69) is 19.2 Å². The van der Waals surface area contributed by atoms with E-state index in [4.69, 9.17) is 32.7 Å². The molecule has 1 atom stereocenters. The molecule has 0 saturated carbocycles. The summed E-state index contributed by atoms with van der Waals surface area (Å²) >= 11 is 12.6. The molecular weight excluding hydrogens is 357 g/mol. The minimum Gasteiger partial charge on any atom is -0.490 e. The Hall–Kier alpha value is -1.42. The molecule has 0 heterocycles. The topological polar surface area (TPSA) is 30.5 Å². The van der Waals surface area contributed by atoms with Gasteiger partial charge in [0.2, 0.25) is 0 Å². The zero-order chi connectivity index (χ0) is 18.2. The summed E-state index contributed by atoms with van der Waals surface area (Å²) in [6.45, 7) is 7.87. The summed E-state index contributed by atoms with van der Waals surface area (Å²) in [4.78, 5) is 0. The van der Waals surface area contributed by atoms with Crippen LogP contribution in [0.25, 0.3) is 0 Å². The molecule has 0 amide bonds. The smallest absolute Gasteiger partial charge is 0.180 e. The van der Waals surface area contributed by atoms with Crippen molar-refractivity contribution in [2.24, 2.45) is 0 Å². The van der Waals surface area contributed by atoms with E-state index in [1.54, 1.807) is 0 Å². The van der Waals surface area contributed by atoms with Gasteiger partial charge in [0, 0.05) is 23.2 Å². The Kier molecular flexibility index (Phi) is 7.89. The number of ether oxygens (including phenoxy) is 2. The van der Waals surface area contributed by atoms with E-state index in [9.17, 15) is 0 Å². The van der Waals surface area contributed by atoms with Crippen LogP contribution in [-0.4, -0.2) is 12.6 Å². The maximum atomic E-state index is 6.46. The van der Waals surface area contributed by atoms with E-state index in [0.29, 0.717) is 40.8 Å². The van der Waals surface area contributed by atoms with E-state index >= 15 is 0 Å². The Morgan fingerprint density at radius 2 is 1.80 bits per heavy atom. The Bertz CT molecular complexity index is 691. The van der Waals surface area contributed by atoms with E-state index in [1.165, 1.54) is 0 Å². The molecule has 136 valence electrons. The summed E-state index contributed by atoms with van der Waals surface area (Å²) in [6.07, 6.45) is 1.07. The molecule has 3 nitrogen and oxygen atoms in total. The van der Waals surface area contributed by atoms with Crippen molar-refractivity contribution in [3.63, 3.8) is 0 Å². The van der Waals surface area contributed by atoms with E-state index in [1.807, 2.05) is 43.3 Å². The van der Waals surface area contributed by atoms with Crippen molar-refractivity contribution < 1.29 is 9.47 Å². The largest absolute Gasteiger partial charge is 0.490 e. The van der Waals surface area contributed by atoms with Crippen molar-refractivity contribution in [3.05, 3.63) is 57.6 Å². The van der Waals surface area contributed by atoms with Gasteiger partial charge in [0.15, 0.2) is 11.5 Å². The van der Waals surface area contributed by atoms with Crippen molar-refractivity contribution >= 4 is 23.2 Å². The monoisotopic (exact) mass is 381 g/mol. The Morgan fingerprint density at radius 1 is 1.04 bits per heavy atom. The number of benzene rings is 2. The van der Waals surface area contributed by atoms with Crippen LogP contribution in [0.4, 0.5) is 0 Å². The average molecular weight is 382 g/mol. The number of rotatable bonds is 9. The predicted octanol–water partition coefficient (Wildman–Crippen LogP) is 5.86. The standard InChI is InChI=1S/C20H25Cl2NO2/c1-4-14(3)23-12-15-10-18(22)20(19(11-15)24-5-2)25-13-16-8-6-7-9-17(16)21/h6-11,14,23H,4-5,12-13H2,1-3H3/t14-/m1/s1. The molecule has 25 heavy (non-hydrogen) atoms. The molecule has 0 fully saturated rings. The number of hydrogen-bond donors (Lipinski definition) is 1. The van der Waals surface area contributed by atoms with Gasteiger partial charge in [-0.3, -0.25) is 0 Å². The van der Waals surface area contributed by atoms with Gasteiger partial charge in [-0.2, -0.15) is 0 Å². The lowest BCUT2D eigenvalue weighted by Crippen LogP contribution is -2.24. The highest BCUT2D eigenvalue weighted by molar-refractivity contribution is 6.32. The third-order valence-corrected chi connectivity index (χ3v) is 4.62. The zero-order valence-electron chi connectivity index (χ0n) is 14.9. The van der Waals surface area contributed by atoms with Crippen LogP contribution in [0.3, 0.4) is 0 Å². The molecule has 0 aliphatic carbocycles. The van der Waals surface area contributed by atoms with Crippen LogP contribution in [0, 0.1) is 0 Å². The second-order valence-corrected chi connectivity index (χ2v) is 6.72. The molecule has 0 spiro atoms. The lowest BCUT2D eigenvalue weighted by molar-refractivity contribution is 0.269. The van der Waals surface area contributed by atoms with Crippen LogP contribution in [0.15, 0.2) is 36.4 Å². The Balaban J connectivity index is 2.17. The first kappa shape index (κ1) is 19.9. The van der Waals surface area contributed by atoms with Gasteiger partial charge >= 0.3 is 0 Å². The van der Waals surface area contributed by atoms with Crippen molar-refractivity contribution in [2.45, 2.75) is 46.4 Å². The minimum atomic E-state index is 0.337. The normalized spacial score (nSPS) is 12.0. The molecule has 2 rings (SSSR count). The fourth-order valence-electron chi connectivity index (χ4n) is 2.33. The van der Waals surface area contributed by atoms with Crippen LogP contribution in [-0.2, 0) is 13.2 Å². The molecule has 0 bridgehead atoms. The molecule has 2 aromatic rings. The fourth-order valence-corrected chi connectivity index (χ4v) is 2.81. The van der Waals surface area contributed by atoms with Gasteiger partial charge in [-0.05, 0) is 44.0 Å². The summed E-state index contributed by atoms with van der Waals surface area (Å²) in [5.74, 6) is 1.21. The summed E-state index contributed by atoms with van der Waals surface area (Å²) < 4.78 is 11.7. The molecule has 0 aliphatic rings. The van der Waals surface area contributed by atoms with Gasteiger partial charge in [-0.1, -0.05) is 48.3 Å². The Labute approximate surface area is 160 Å². The second-order valence-electron chi connectivity index (χ2n) is 5.91. The minimum absolute atomic E-state index is 0.337. The predicted molar refractivity (Wildman–Crippen MR) is 105 cm³/mol. The quantitative estimate of drug-likeness (QED) is 0.589. The third kappa shape index (κ3) is 5.81. The highest BCUT2D eigenvalue weighted by Gasteiger charge is 2.14. The summed E-state index contributed by atoms with van der Waals surface area (Å²) in [5.41, 5.74) is 1.98. The average Bonchev–Trinajstić information content (AvgIpc) is 2.60. The maximum Gasteiger partial charge on any atom is 0.180 e. The van der Waals surface area contributed by atoms with Gasteiger partial charge in [-0.25, -0.2) is 0 Å². The Morgan fingerprint density at radius 3 is 2.48 bits per heavy atom. The summed E-state index contributed by atoms with van der Waals surface area (Å²) in [5, 5.41) is 4.67. The van der Waals surface area contributed by atoms with Crippen LogP contribution in [0.5, 0.6) is 11.5 Å². The number of nitrogens with one attached hydrogen (secondary N) is 1. The molecule has 1 N–H and O–H groups in total. The molecule has 0 aromatic heterocycles. The molecular formula is C20H25Cl2NO2. The molecule has 0 radical (unpaired) electrons. The molecule has 0 aliphatic heterocycles. The van der Waals surface area contributed by atoms with Gasteiger partial charge < -0.3 is 14.8 Å². The highest BCUT2D eigenvalue weighted by Crippen LogP contribution is 2.37. The first-order chi connectivity index (χ1) is 12.0. The lowest BCUT2D eigenvalue weighted by atomic mass is 10.1. The fraction of sp³-hybridized carbons (Fsp3) is 0.400. The van der Waals surface area contributed by atoms with Gasteiger partial charge in [0.05, 0.1) is 11.6 Å². The van der Waals surface area contributed by atoms with Crippen LogP contribution in [0.1, 0.15) is 38.3 Å². The van der Waals surface area contributed by atoms with Crippen LogP contribution in [0.2, 0.25) is 10.0 Å². The van der Waals surface area contributed by atoms with Crippen LogP contribution >= 0.6 is 23.2 Å². The van der Waals surface area contributed by atoms with Gasteiger partial charge in [-0.15, -0.1) is 0 Å². The summed E-state index contributed by atoms with van der Waals surface area (Å²) in [7, 11) is 0. The number of hydrogen-bond acceptors (Lipinski definition) is 3. The first-order valence-corrected chi connectivity index (χ1v) is 9.35.